The van der Waals surface area contributed by atoms with Crippen LogP contribution in [0.15, 0.2) is 0 Å². The van der Waals surface area contributed by atoms with Crippen molar-refractivity contribution in [1.29, 1.82) is 0 Å². The second-order valence-corrected chi connectivity index (χ2v) is 6.91. The Morgan fingerprint density at radius 2 is 2.04 bits per heavy atom. The van der Waals surface area contributed by atoms with E-state index >= 15 is 0 Å². The molecule has 130 valence electrons. The van der Waals surface area contributed by atoms with Crippen molar-refractivity contribution < 1.29 is 29.3 Å². The van der Waals surface area contributed by atoms with Gasteiger partial charge in [0.2, 0.25) is 0 Å². The predicted molar refractivity (Wildman–Crippen MR) is 81.5 cm³/mol. The lowest BCUT2D eigenvalue weighted by atomic mass is 9.50. The van der Waals surface area contributed by atoms with Crippen LogP contribution in [0.4, 0.5) is 0 Å². The number of Topliss-reactive ketones (excluding diaryl/α,β-unsaturated/α-hetero) is 1. The highest BCUT2D eigenvalue weighted by Crippen LogP contribution is 2.56. The van der Waals surface area contributed by atoms with Gasteiger partial charge in [0.1, 0.15) is 5.78 Å². The van der Waals surface area contributed by atoms with Crippen LogP contribution in [-0.2, 0) is 19.1 Å². The number of hydrogen-bond acceptors (Lipinski definition) is 5. The molecule has 2 N–H and O–H groups in total. The van der Waals surface area contributed by atoms with Crippen LogP contribution in [0.25, 0.3) is 0 Å². The van der Waals surface area contributed by atoms with Crippen molar-refractivity contribution >= 4 is 17.7 Å². The van der Waals surface area contributed by atoms with Crippen molar-refractivity contribution in [1.82, 2.24) is 0 Å². The molecule has 2 saturated carbocycles. The highest BCUT2D eigenvalue weighted by molar-refractivity contribution is 5.90. The zero-order chi connectivity index (χ0) is 17.2. The standard InChI is InChI=1S/C17H26O6/c1-3-23-16(22)17(8-14(20)21)10(2)7-13(19)15-11(9-18)5-4-6-12(15)17/h10-12,15,18H,3-9H2,1-2H3,(H,20,21)/t10-,11+,12?,15+,17-/m1/s1. The minimum Gasteiger partial charge on any atom is -0.481 e. The molecule has 5 atom stereocenters. The summed E-state index contributed by atoms with van der Waals surface area (Å²) in [5.74, 6) is -2.86. The summed E-state index contributed by atoms with van der Waals surface area (Å²) < 4.78 is 5.23. The van der Waals surface area contributed by atoms with Crippen LogP contribution >= 0.6 is 0 Å². The summed E-state index contributed by atoms with van der Waals surface area (Å²) in [4.78, 5) is 36.8. The molecule has 0 spiro atoms. The lowest BCUT2D eigenvalue weighted by Crippen LogP contribution is -2.57. The van der Waals surface area contributed by atoms with E-state index in [2.05, 4.69) is 0 Å². The Bertz CT molecular complexity index is 487. The van der Waals surface area contributed by atoms with Crippen molar-refractivity contribution in [2.75, 3.05) is 13.2 Å². The molecular formula is C17H26O6. The molecule has 2 fully saturated rings. The van der Waals surface area contributed by atoms with Gasteiger partial charge in [-0.1, -0.05) is 13.3 Å². The van der Waals surface area contributed by atoms with E-state index in [1.54, 1.807) is 13.8 Å². The average molecular weight is 326 g/mol. The third kappa shape index (κ3) is 3.01. The van der Waals surface area contributed by atoms with Crippen LogP contribution in [0.3, 0.4) is 0 Å². The molecule has 0 aromatic carbocycles. The van der Waals surface area contributed by atoms with Crippen molar-refractivity contribution in [3.8, 4) is 0 Å². The quantitative estimate of drug-likeness (QED) is 0.745. The smallest absolute Gasteiger partial charge is 0.313 e. The SMILES string of the molecule is CCOC(=O)[C@@]1(CC(=O)O)C2CCC[C@@H](CO)[C@@H]2C(=O)C[C@H]1C. The van der Waals surface area contributed by atoms with Crippen LogP contribution in [0.5, 0.6) is 0 Å². The number of ether oxygens (including phenoxy) is 1. The highest BCUT2D eigenvalue weighted by Gasteiger charge is 2.61. The maximum atomic E-state index is 12.8. The van der Waals surface area contributed by atoms with Gasteiger partial charge < -0.3 is 14.9 Å². The number of hydrogen-bond donors (Lipinski definition) is 2. The summed E-state index contributed by atoms with van der Waals surface area (Å²) in [5.41, 5.74) is -1.17. The normalized spacial score (nSPS) is 37.1. The average Bonchev–Trinajstić information content (AvgIpc) is 2.50. The number of rotatable bonds is 5. The van der Waals surface area contributed by atoms with E-state index in [0.29, 0.717) is 6.42 Å². The molecule has 6 heteroatoms. The van der Waals surface area contributed by atoms with E-state index in [4.69, 9.17) is 4.74 Å². The molecule has 0 saturated heterocycles. The second-order valence-electron chi connectivity index (χ2n) is 6.91. The fraction of sp³-hybridized carbons (Fsp3) is 0.824. The molecule has 6 nitrogen and oxygen atoms in total. The van der Waals surface area contributed by atoms with E-state index in [-0.39, 0.29) is 49.6 Å². The van der Waals surface area contributed by atoms with Crippen LogP contribution in [0.1, 0.15) is 46.0 Å². The van der Waals surface area contributed by atoms with Gasteiger partial charge in [-0.05, 0) is 37.5 Å². The molecule has 2 rings (SSSR count). The van der Waals surface area contributed by atoms with Gasteiger partial charge in [0.25, 0.3) is 0 Å². The van der Waals surface area contributed by atoms with Crippen LogP contribution in [0.2, 0.25) is 0 Å². The van der Waals surface area contributed by atoms with E-state index < -0.39 is 23.3 Å². The van der Waals surface area contributed by atoms with Gasteiger partial charge in [0.05, 0.1) is 18.4 Å². The Hall–Kier alpha value is -1.43. The predicted octanol–water partition coefficient (Wildman–Crippen LogP) is 1.64. The van der Waals surface area contributed by atoms with Gasteiger partial charge in [-0.3, -0.25) is 14.4 Å². The third-order valence-corrected chi connectivity index (χ3v) is 5.79. The molecular weight excluding hydrogens is 300 g/mol. The summed E-state index contributed by atoms with van der Waals surface area (Å²) in [6.07, 6.45) is 2.00. The first-order valence-electron chi connectivity index (χ1n) is 8.41. The number of ketones is 1. The molecule has 0 aromatic rings. The summed E-state index contributed by atoms with van der Waals surface area (Å²) in [6.45, 7) is 3.55. The number of fused-ring (bicyclic) bond motifs is 1. The molecule has 2 aliphatic carbocycles. The van der Waals surface area contributed by atoms with E-state index in [0.717, 1.165) is 12.8 Å². The highest BCUT2D eigenvalue weighted by atomic mass is 16.5. The Labute approximate surface area is 136 Å². The van der Waals surface area contributed by atoms with Crippen LogP contribution in [0, 0.1) is 29.1 Å². The third-order valence-electron chi connectivity index (χ3n) is 5.79. The van der Waals surface area contributed by atoms with Crippen molar-refractivity contribution in [3.63, 3.8) is 0 Å². The molecule has 0 radical (unpaired) electrons. The first-order valence-corrected chi connectivity index (χ1v) is 8.41. The maximum Gasteiger partial charge on any atom is 0.313 e. The van der Waals surface area contributed by atoms with E-state index in [1.807, 2.05) is 0 Å². The molecule has 0 bridgehead atoms. The Kier molecular flexibility index (Phi) is 5.45. The fourth-order valence-electron chi connectivity index (χ4n) is 4.79. The van der Waals surface area contributed by atoms with Crippen molar-refractivity contribution in [2.45, 2.75) is 46.0 Å². The van der Waals surface area contributed by atoms with Crippen LogP contribution in [-0.4, -0.2) is 41.1 Å². The Morgan fingerprint density at radius 1 is 1.35 bits per heavy atom. The van der Waals surface area contributed by atoms with Gasteiger partial charge in [-0.15, -0.1) is 0 Å². The minimum atomic E-state index is -1.17. The van der Waals surface area contributed by atoms with Gasteiger partial charge in [-0.25, -0.2) is 0 Å². The lowest BCUT2D eigenvalue weighted by Gasteiger charge is -2.52. The summed E-state index contributed by atoms with van der Waals surface area (Å²) in [5, 5.41) is 19.0. The van der Waals surface area contributed by atoms with Crippen molar-refractivity contribution in [2.24, 2.45) is 29.1 Å². The topological polar surface area (TPSA) is 101 Å². The molecule has 0 amide bonds. The molecule has 23 heavy (non-hydrogen) atoms. The lowest BCUT2D eigenvalue weighted by molar-refractivity contribution is -0.182. The number of aliphatic hydroxyl groups excluding tert-OH is 1. The zero-order valence-electron chi connectivity index (χ0n) is 13.8. The fourth-order valence-corrected chi connectivity index (χ4v) is 4.79. The van der Waals surface area contributed by atoms with Gasteiger partial charge >= 0.3 is 11.9 Å². The number of carboxylic acids is 1. The second kappa shape index (κ2) is 6.99. The number of carbonyl (C=O) groups is 3. The van der Waals surface area contributed by atoms with Crippen LogP contribution < -0.4 is 0 Å². The number of esters is 1. The number of aliphatic carboxylic acids is 1. The first-order chi connectivity index (χ1) is 10.9. The van der Waals surface area contributed by atoms with E-state index in [9.17, 15) is 24.6 Å². The summed E-state index contributed by atoms with van der Waals surface area (Å²) in [7, 11) is 0. The minimum absolute atomic E-state index is 0.0477. The molecule has 0 aromatic heterocycles. The molecule has 0 heterocycles. The molecule has 2 aliphatic rings. The monoisotopic (exact) mass is 326 g/mol. The first kappa shape index (κ1) is 17.9. The Morgan fingerprint density at radius 3 is 2.61 bits per heavy atom. The number of carboxylic acid groups (broad SMARTS) is 1. The summed E-state index contributed by atoms with van der Waals surface area (Å²) >= 11 is 0. The molecule has 1 unspecified atom stereocenters. The van der Waals surface area contributed by atoms with Crippen molar-refractivity contribution in [3.05, 3.63) is 0 Å². The maximum absolute atomic E-state index is 12.8. The Balaban J connectivity index is 2.49. The number of carbonyl (C=O) groups excluding carboxylic acids is 2. The van der Waals surface area contributed by atoms with Gasteiger partial charge in [0.15, 0.2) is 0 Å². The van der Waals surface area contributed by atoms with Gasteiger partial charge in [-0.2, -0.15) is 0 Å². The number of aliphatic hydroxyl groups is 1. The zero-order valence-corrected chi connectivity index (χ0v) is 13.8. The largest absolute Gasteiger partial charge is 0.481 e. The van der Waals surface area contributed by atoms with Gasteiger partial charge in [0, 0.05) is 18.9 Å². The van der Waals surface area contributed by atoms with E-state index in [1.165, 1.54) is 0 Å². The molecule has 0 aliphatic heterocycles. The summed E-state index contributed by atoms with van der Waals surface area (Å²) in [6, 6.07) is 0.